The summed E-state index contributed by atoms with van der Waals surface area (Å²) in [7, 11) is 0. The van der Waals surface area contributed by atoms with Crippen molar-refractivity contribution in [1.29, 1.82) is 0 Å². The summed E-state index contributed by atoms with van der Waals surface area (Å²) < 4.78 is 3.62. The molecule has 0 aromatic carbocycles. The summed E-state index contributed by atoms with van der Waals surface area (Å²) in [4.78, 5) is 15.6. The zero-order chi connectivity index (χ0) is 15.0. The Morgan fingerprint density at radius 2 is 2.19 bits per heavy atom. The smallest absolute Gasteiger partial charge is 0.157 e. The van der Waals surface area contributed by atoms with Crippen LogP contribution in [0.2, 0.25) is 5.15 Å². The molecule has 0 bridgehead atoms. The molecule has 3 aromatic heterocycles. The van der Waals surface area contributed by atoms with Gasteiger partial charge in [0.05, 0.1) is 5.56 Å². The van der Waals surface area contributed by atoms with Gasteiger partial charge in [0.15, 0.2) is 11.4 Å². The van der Waals surface area contributed by atoms with Crippen molar-refractivity contribution in [2.75, 3.05) is 0 Å². The van der Waals surface area contributed by atoms with E-state index < -0.39 is 0 Å². The largest absolute Gasteiger partial charge is 0.298 e. The second-order valence-corrected chi connectivity index (χ2v) is 5.70. The molecule has 0 fully saturated rings. The first kappa shape index (κ1) is 13.8. The van der Waals surface area contributed by atoms with Crippen LogP contribution in [0.3, 0.4) is 0 Å². The summed E-state index contributed by atoms with van der Waals surface area (Å²) in [6.45, 7) is 4.95. The predicted molar refractivity (Wildman–Crippen MR) is 81.6 cm³/mol. The van der Waals surface area contributed by atoms with E-state index >= 15 is 0 Å². The lowest BCUT2D eigenvalue weighted by atomic mass is 10.2. The number of nitrogens with zero attached hydrogens (tertiary/aromatic N) is 4. The van der Waals surface area contributed by atoms with Gasteiger partial charge in [0, 0.05) is 18.9 Å². The minimum absolute atomic E-state index is 0.346. The quantitative estimate of drug-likeness (QED) is 0.695. The maximum absolute atomic E-state index is 11.3. The van der Waals surface area contributed by atoms with E-state index in [1.807, 2.05) is 28.8 Å². The van der Waals surface area contributed by atoms with Crippen LogP contribution in [0.4, 0.5) is 0 Å². The number of hydrogen-bond donors (Lipinski definition) is 0. The molecular weight excluding hydrogens is 288 g/mol. The molecule has 0 amide bonds. The molecule has 0 aliphatic heterocycles. The molecule has 3 rings (SSSR count). The second kappa shape index (κ2) is 5.33. The third kappa shape index (κ3) is 2.45. The molecule has 6 heteroatoms. The van der Waals surface area contributed by atoms with Crippen molar-refractivity contribution in [3.05, 3.63) is 41.3 Å². The Hall–Kier alpha value is -2.14. The van der Waals surface area contributed by atoms with Crippen LogP contribution in [0, 0.1) is 5.92 Å². The predicted octanol–water partition coefficient (Wildman–Crippen LogP) is 3.32. The van der Waals surface area contributed by atoms with Gasteiger partial charge in [0.1, 0.15) is 17.0 Å². The zero-order valence-corrected chi connectivity index (χ0v) is 12.6. The highest BCUT2D eigenvalue weighted by molar-refractivity contribution is 6.32. The Kier molecular flexibility index (Phi) is 3.51. The third-order valence-corrected chi connectivity index (χ3v) is 3.44. The fraction of sp³-hybridized carbons (Fsp3) is 0.267. The summed E-state index contributed by atoms with van der Waals surface area (Å²) in [5.41, 5.74) is 2.46. The number of aldehydes is 1. The fourth-order valence-electron chi connectivity index (χ4n) is 2.35. The first-order chi connectivity index (χ1) is 10.1. The molecule has 0 aliphatic rings. The summed E-state index contributed by atoms with van der Waals surface area (Å²) in [5.74, 6) is 0.440. The number of carbonyl (C=O) groups is 1. The molecule has 0 saturated carbocycles. The monoisotopic (exact) mass is 302 g/mol. The van der Waals surface area contributed by atoms with Gasteiger partial charge in [0.25, 0.3) is 0 Å². The minimum Gasteiger partial charge on any atom is -0.298 e. The average molecular weight is 303 g/mol. The number of halogens is 1. The molecule has 21 heavy (non-hydrogen) atoms. The number of rotatable bonds is 4. The van der Waals surface area contributed by atoms with E-state index in [2.05, 4.69) is 23.9 Å². The first-order valence-electron chi connectivity index (χ1n) is 6.75. The molecule has 5 nitrogen and oxygen atoms in total. The van der Waals surface area contributed by atoms with Gasteiger partial charge in [0.2, 0.25) is 0 Å². The van der Waals surface area contributed by atoms with E-state index in [-0.39, 0.29) is 0 Å². The average Bonchev–Trinajstić information content (AvgIpc) is 2.97. The van der Waals surface area contributed by atoms with Gasteiger partial charge >= 0.3 is 0 Å². The summed E-state index contributed by atoms with van der Waals surface area (Å²) >= 11 is 6.25. The van der Waals surface area contributed by atoms with Crippen LogP contribution < -0.4 is 0 Å². The van der Waals surface area contributed by atoms with Crippen LogP contribution in [0.1, 0.15) is 24.2 Å². The molecule has 0 spiro atoms. The highest BCUT2D eigenvalue weighted by atomic mass is 35.5. The van der Waals surface area contributed by atoms with Gasteiger partial charge in [-0.15, -0.1) is 0 Å². The molecule has 0 atom stereocenters. The fourth-order valence-corrected chi connectivity index (χ4v) is 2.62. The maximum atomic E-state index is 11.3. The van der Waals surface area contributed by atoms with E-state index in [1.54, 1.807) is 10.9 Å². The Morgan fingerprint density at radius 1 is 1.38 bits per heavy atom. The number of fused-ring (bicyclic) bond motifs is 1. The standard InChI is InChI=1S/C15H15ClN4O/c1-10(2)7-19-8-11(9-21)13(18-19)14-15(16)17-12-5-3-4-6-20(12)14/h3-6,8-10H,7H2,1-2H3. The van der Waals surface area contributed by atoms with E-state index in [1.165, 1.54) is 0 Å². The van der Waals surface area contributed by atoms with Gasteiger partial charge in [-0.2, -0.15) is 5.10 Å². The molecule has 0 radical (unpaired) electrons. The Balaban J connectivity index is 2.20. The zero-order valence-electron chi connectivity index (χ0n) is 11.8. The minimum atomic E-state index is 0.346. The molecule has 3 heterocycles. The van der Waals surface area contributed by atoms with Gasteiger partial charge < -0.3 is 0 Å². The number of aromatic nitrogens is 4. The Labute approximate surface area is 127 Å². The van der Waals surface area contributed by atoms with Crippen LogP contribution >= 0.6 is 11.6 Å². The number of pyridine rings is 1. The molecule has 0 saturated heterocycles. The van der Waals surface area contributed by atoms with E-state index in [9.17, 15) is 4.79 Å². The Bertz CT molecular complexity index is 803. The highest BCUT2D eigenvalue weighted by Gasteiger charge is 2.19. The lowest BCUT2D eigenvalue weighted by Gasteiger charge is -2.04. The van der Waals surface area contributed by atoms with E-state index in [4.69, 9.17) is 11.6 Å². The molecule has 0 unspecified atom stereocenters. The van der Waals surface area contributed by atoms with Crippen LogP contribution in [-0.2, 0) is 6.54 Å². The lowest BCUT2D eigenvalue weighted by molar-refractivity contribution is 0.112. The van der Waals surface area contributed by atoms with Crippen LogP contribution in [0.25, 0.3) is 17.0 Å². The number of carbonyl (C=O) groups excluding carboxylic acids is 1. The molecule has 108 valence electrons. The van der Waals surface area contributed by atoms with Crippen LogP contribution in [0.15, 0.2) is 30.6 Å². The normalized spacial score (nSPS) is 11.4. The molecule has 3 aromatic rings. The number of hydrogen-bond acceptors (Lipinski definition) is 3. The van der Waals surface area contributed by atoms with Crippen molar-refractivity contribution in [2.45, 2.75) is 20.4 Å². The third-order valence-electron chi connectivity index (χ3n) is 3.18. The van der Waals surface area contributed by atoms with Crippen LogP contribution in [-0.4, -0.2) is 25.5 Å². The maximum Gasteiger partial charge on any atom is 0.157 e. The molecule has 0 aliphatic carbocycles. The van der Waals surface area contributed by atoms with Crippen molar-refractivity contribution in [1.82, 2.24) is 19.2 Å². The Morgan fingerprint density at radius 3 is 2.90 bits per heavy atom. The lowest BCUT2D eigenvalue weighted by Crippen LogP contribution is -2.04. The van der Waals surface area contributed by atoms with Crippen molar-refractivity contribution >= 4 is 23.5 Å². The first-order valence-corrected chi connectivity index (χ1v) is 7.13. The van der Waals surface area contributed by atoms with Crippen LogP contribution in [0.5, 0.6) is 0 Å². The van der Waals surface area contributed by atoms with Crippen molar-refractivity contribution in [2.24, 2.45) is 5.92 Å². The van der Waals surface area contributed by atoms with Crippen molar-refractivity contribution in [3.8, 4) is 11.4 Å². The van der Waals surface area contributed by atoms with Crippen molar-refractivity contribution in [3.63, 3.8) is 0 Å². The summed E-state index contributed by atoms with van der Waals surface area (Å²) in [5, 5.41) is 4.86. The second-order valence-electron chi connectivity index (χ2n) is 5.35. The molecule has 0 N–H and O–H groups in total. The van der Waals surface area contributed by atoms with E-state index in [0.717, 1.165) is 18.5 Å². The van der Waals surface area contributed by atoms with Gasteiger partial charge in [-0.05, 0) is 18.1 Å². The summed E-state index contributed by atoms with van der Waals surface area (Å²) in [6, 6.07) is 5.64. The molecular formula is C15H15ClN4O. The summed E-state index contributed by atoms with van der Waals surface area (Å²) in [6.07, 6.45) is 4.42. The van der Waals surface area contributed by atoms with E-state index in [0.29, 0.717) is 28.0 Å². The van der Waals surface area contributed by atoms with Crippen molar-refractivity contribution < 1.29 is 4.79 Å². The SMILES string of the molecule is CC(C)Cn1cc(C=O)c(-c2c(Cl)nc3ccccn23)n1. The van der Waals surface area contributed by atoms with Gasteiger partial charge in [-0.1, -0.05) is 31.5 Å². The van der Waals surface area contributed by atoms with Gasteiger partial charge in [-0.25, -0.2) is 4.98 Å². The van der Waals surface area contributed by atoms with Gasteiger partial charge in [-0.3, -0.25) is 13.9 Å². The topological polar surface area (TPSA) is 52.2 Å². The highest BCUT2D eigenvalue weighted by Crippen LogP contribution is 2.29. The number of imidazole rings is 1.